The Bertz CT molecular complexity index is 706. The lowest BCUT2D eigenvalue weighted by Crippen LogP contribution is -2.43. The Morgan fingerprint density at radius 1 is 1.21 bits per heavy atom. The monoisotopic (exact) mass is 324 g/mol. The molecule has 2 aromatic carbocycles. The first-order chi connectivity index (χ1) is 11.8. The van der Waals surface area contributed by atoms with Gasteiger partial charge in [-0.2, -0.15) is 5.26 Å². The number of hydrogen-bond donors (Lipinski definition) is 1. The molecule has 0 unspecified atom stereocenters. The third-order valence-electron chi connectivity index (χ3n) is 3.97. The molecule has 0 amide bonds. The normalized spacial score (nSPS) is 18.4. The summed E-state index contributed by atoms with van der Waals surface area (Å²) in [5.74, 6) is 1.14. The zero-order chi connectivity index (χ0) is 16.8. The minimum Gasteiger partial charge on any atom is -0.493 e. The number of rotatable bonds is 5. The fourth-order valence-electron chi connectivity index (χ4n) is 2.75. The molecule has 1 heterocycles. The fourth-order valence-corrected chi connectivity index (χ4v) is 2.75. The van der Waals surface area contributed by atoms with Crippen molar-refractivity contribution >= 4 is 0 Å². The van der Waals surface area contributed by atoms with Crippen LogP contribution in [0.4, 0.5) is 0 Å². The Labute approximate surface area is 141 Å². The van der Waals surface area contributed by atoms with Gasteiger partial charge in [-0.3, -0.25) is 0 Å². The second-order valence-electron chi connectivity index (χ2n) is 5.54. The highest BCUT2D eigenvalue weighted by molar-refractivity contribution is 5.47. The topological polar surface area (TPSA) is 63.5 Å². The van der Waals surface area contributed by atoms with Crippen LogP contribution in [0.25, 0.3) is 0 Å². The van der Waals surface area contributed by atoms with Crippen LogP contribution in [0.1, 0.15) is 17.2 Å². The summed E-state index contributed by atoms with van der Waals surface area (Å²) in [6, 6.07) is 17.3. The van der Waals surface area contributed by atoms with Crippen molar-refractivity contribution in [1.82, 2.24) is 5.32 Å². The van der Waals surface area contributed by atoms with Crippen molar-refractivity contribution in [1.29, 1.82) is 5.26 Å². The Morgan fingerprint density at radius 2 is 2.04 bits per heavy atom. The lowest BCUT2D eigenvalue weighted by atomic mass is 10.0. The number of hydrogen-bond acceptors (Lipinski definition) is 5. The molecular weight excluding hydrogens is 304 g/mol. The predicted molar refractivity (Wildman–Crippen MR) is 90.1 cm³/mol. The van der Waals surface area contributed by atoms with Gasteiger partial charge in [-0.15, -0.1) is 0 Å². The molecule has 5 nitrogen and oxygen atoms in total. The van der Waals surface area contributed by atoms with E-state index in [0.29, 0.717) is 23.7 Å². The molecule has 124 valence electrons. The Kier molecular flexibility index (Phi) is 5.32. The van der Waals surface area contributed by atoms with E-state index in [0.717, 1.165) is 18.7 Å². The average Bonchev–Trinajstić information content (AvgIpc) is 2.67. The number of ether oxygens (including phenoxy) is 3. The number of nitrogens with zero attached hydrogens (tertiary/aromatic N) is 1. The zero-order valence-corrected chi connectivity index (χ0v) is 13.6. The molecule has 3 rings (SSSR count). The summed E-state index contributed by atoms with van der Waals surface area (Å²) in [7, 11) is 1.57. The number of methoxy groups -OCH3 is 1. The molecule has 0 saturated carbocycles. The molecule has 1 N–H and O–H groups in total. The Morgan fingerprint density at radius 3 is 2.71 bits per heavy atom. The molecular formula is C19H20N2O3. The molecule has 1 aliphatic rings. The van der Waals surface area contributed by atoms with E-state index in [4.69, 9.17) is 19.5 Å². The van der Waals surface area contributed by atoms with E-state index < -0.39 is 0 Å². The van der Waals surface area contributed by atoms with Crippen molar-refractivity contribution in [3.8, 4) is 17.6 Å². The zero-order valence-electron chi connectivity index (χ0n) is 13.6. The Hall–Kier alpha value is -2.55. The van der Waals surface area contributed by atoms with Gasteiger partial charge in [-0.05, 0) is 17.7 Å². The van der Waals surface area contributed by atoms with Crippen LogP contribution in [0, 0.1) is 11.3 Å². The standard InChI is InChI=1S/C19H20N2O3/c1-22-17-11-14(12-20)7-8-16(17)24-19(15-5-3-2-4-6-15)18-13-21-9-10-23-18/h2-8,11,18-19,21H,9-10,13H2,1H3/t18-,19-/m0/s1. The van der Waals surface area contributed by atoms with Crippen LogP contribution in [-0.2, 0) is 4.74 Å². The molecule has 1 fully saturated rings. The van der Waals surface area contributed by atoms with Gasteiger partial charge in [0.1, 0.15) is 6.10 Å². The van der Waals surface area contributed by atoms with Crippen LogP contribution in [0.3, 0.4) is 0 Å². The fraction of sp³-hybridized carbons (Fsp3) is 0.316. The van der Waals surface area contributed by atoms with Crippen LogP contribution < -0.4 is 14.8 Å². The second-order valence-corrected chi connectivity index (χ2v) is 5.54. The van der Waals surface area contributed by atoms with Gasteiger partial charge in [0.2, 0.25) is 0 Å². The van der Waals surface area contributed by atoms with Gasteiger partial charge in [-0.1, -0.05) is 30.3 Å². The van der Waals surface area contributed by atoms with Gasteiger partial charge in [0, 0.05) is 19.2 Å². The molecule has 1 saturated heterocycles. The van der Waals surface area contributed by atoms with Crippen LogP contribution in [0.5, 0.6) is 11.5 Å². The van der Waals surface area contributed by atoms with Crippen LogP contribution in [-0.4, -0.2) is 32.9 Å². The van der Waals surface area contributed by atoms with E-state index in [1.165, 1.54) is 0 Å². The van der Waals surface area contributed by atoms with E-state index in [2.05, 4.69) is 11.4 Å². The van der Waals surface area contributed by atoms with Gasteiger partial charge in [0.15, 0.2) is 17.6 Å². The number of morpholine rings is 1. The first kappa shape index (κ1) is 16.3. The largest absolute Gasteiger partial charge is 0.493 e. The van der Waals surface area contributed by atoms with E-state index in [-0.39, 0.29) is 12.2 Å². The summed E-state index contributed by atoms with van der Waals surface area (Å²) in [6.45, 7) is 2.22. The molecule has 0 bridgehead atoms. The Balaban J connectivity index is 1.90. The maximum Gasteiger partial charge on any atom is 0.162 e. The number of nitrogens with one attached hydrogen (secondary N) is 1. The number of benzene rings is 2. The molecule has 2 aromatic rings. The minimum absolute atomic E-state index is 0.0958. The molecule has 0 radical (unpaired) electrons. The third kappa shape index (κ3) is 3.67. The lowest BCUT2D eigenvalue weighted by molar-refractivity contribution is -0.0438. The van der Waals surface area contributed by atoms with E-state index >= 15 is 0 Å². The molecule has 0 aliphatic carbocycles. The van der Waals surface area contributed by atoms with Gasteiger partial charge < -0.3 is 19.5 Å². The molecule has 0 aromatic heterocycles. The van der Waals surface area contributed by atoms with E-state index in [9.17, 15) is 0 Å². The smallest absolute Gasteiger partial charge is 0.162 e. The summed E-state index contributed by atoms with van der Waals surface area (Å²) < 4.78 is 17.5. The average molecular weight is 324 g/mol. The molecule has 1 aliphatic heterocycles. The quantitative estimate of drug-likeness (QED) is 0.916. The summed E-state index contributed by atoms with van der Waals surface area (Å²) in [6.07, 6.45) is -0.359. The van der Waals surface area contributed by atoms with Crippen molar-refractivity contribution in [2.75, 3.05) is 26.8 Å². The van der Waals surface area contributed by atoms with Crippen molar-refractivity contribution in [2.45, 2.75) is 12.2 Å². The molecule has 0 spiro atoms. The molecule has 2 atom stereocenters. The highest BCUT2D eigenvalue weighted by Crippen LogP contribution is 2.34. The summed E-state index contributed by atoms with van der Waals surface area (Å²) >= 11 is 0. The highest BCUT2D eigenvalue weighted by atomic mass is 16.6. The van der Waals surface area contributed by atoms with Gasteiger partial charge >= 0.3 is 0 Å². The van der Waals surface area contributed by atoms with Crippen molar-refractivity contribution in [3.05, 3.63) is 59.7 Å². The highest BCUT2D eigenvalue weighted by Gasteiger charge is 2.28. The predicted octanol–water partition coefficient (Wildman–Crippen LogP) is 2.68. The van der Waals surface area contributed by atoms with Gasteiger partial charge in [0.25, 0.3) is 0 Å². The minimum atomic E-state index is -0.263. The maximum absolute atomic E-state index is 9.04. The van der Waals surface area contributed by atoms with E-state index in [1.807, 2.05) is 30.3 Å². The second kappa shape index (κ2) is 7.82. The van der Waals surface area contributed by atoms with Crippen molar-refractivity contribution in [3.63, 3.8) is 0 Å². The maximum atomic E-state index is 9.04. The molecule has 5 heteroatoms. The van der Waals surface area contributed by atoms with Gasteiger partial charge in [0.05, 0.1) is 25.3 Å². The summed E-state index contributed by atoms with van der Waals surface area (Å²) in [5, 5.41) is 12.4. The summed E-state index contributed by atoms with van der Waals surface area (Å²) in [5.41, 5.74) is 1.57. The third-order valence-corrected chi connectivity index (χ3v) is 3.97. The first-order valence-corrected chi connectivity index (χ1v) is 7.94. The van der Waals surface area contributed by atoms with Gasteiger partial charge in [-0.25, -0.2) is 0 Å². The van der Waals surface area contributed by atoms with Crippen LogP contribution >= 0.6 is 0 Å². The van der Waals surface area contributed by atoms with Crippen molar-refractivity contribution in [2.24, 2.45) is 0 Å². The van der Waals surface area contributed by atoms with Crippen molar-refractivity contribution < 1.29 is 14.2 Å². The lowest BCUT2D eigenvalue weighted by Gasteiger charge is -2.32. The first-order valence-electron chi connectivity index (χ1n) is 7.94. The van der Waals surface area contributed by atoms with E-state index in [1.54, 1.807) is 25.3 Å². The summed E-state index contributed by atoms with van der Waals surface area (Å²) in [4.78, 5) is 0. The SMILES string of the molecule is COc1cc(C#N)ccc1O[C@@H](c1ccccc1)[C@@H]1CNCCO1. The number of nitriles is 1. The van der Waals surface area contributed by atoms with Crippen LogP contribution in [0.15, 0.2) is 48.5 Å². The molecule has 24 heavy (non-hydrogen) atoms. The van der Waals surface area contributed by atoms with Crippen LogP contribution in [0.2, 0.25) is 0 Å².